The minimum absolute atomic E-state index is 0.000639. The molecule has 0 N–H and O–H groups in total. The fourth-order valence-corrected chi connectivity index (χ4v) is 4.81. The predicted molar refractivity (Wildman–Crippen MR) is 141 cm³/mol. The summed E-state index contributed by atoms with van der Waals surface area (Å²) >= 11 is 0. The largest absolute Gasteiger partial charge is 0.460 e. The van der Waals surface area contributed by atoms with Crippen LogP contribution in [-0.2, 0) is 12.6 Å². The maximum atomic E-state index is 13.5. The lowest BCUT2D eigenvalue weighted by Gasteiger charge is -2.31. The van der Waals surface area contributed by atoms with Gasteiger partial charge in [-0.1, -0.05) is 36.4 Å². The van der Waals surface area contributed by atoms with E-state index in [4.69, 9.17) is 4.42 Å². The second-order valence-corrected chi connectivity index (χ2v) is 9.73. The molecule has 39 heavy (non-hydrogen) atoms. The van der Waals surface area contributed by atoms with Gasteiger partial charge in [0.2, 0.25) is 0 Å². The second kappa shape index (κ2) is 10.3. The van der Waals surface area contributed by atoms with Crippen molar-refractivity contribution in [1.29, 1.82) is 0 Å². The van der Waals surface area contributed by atoms with Gasteiger partial charge in [-0.2, -0.15) is 13.2 Å². The number of rotatable bonds is 5. The zero-order chi connectivity index (χ0) is 27.8. The minimum atomic E-state index is -4.49. The lowest BCUT2D eigenvalue weighted by Crippen LogP contribution is -2.42. The van der Waals surface area contributed by atoms with Crippen molar-refractivity contribution in [2.45, 2.75) is 38.3 Å². The molecule has 2 heterocycles. The Bertz CT molecular complexity index is 1520. The van der Waals surface area contributed by atoms with Gasteiger partial charge in [0.1, 0.15) is 11.3 Å². The van der Waals surface area contributed by atoms with Gasteiger partial charge in [-0.25, -0.2) is 8.78 Å². The van der Waals surface area contributed by atoms with Crippen LogP contribution >= 0.6 is 0 Å². The Labute approximate surface area is 222 Å². The van der Waals surface area contributed by atoms with E-state index in [0.29, 0.717) is 34.5 Å². The van der Waals surface area contributed by atoms with Crippen LogP contribution in [0.5, 0.6) is 0 Å². The van der Waals surface area contributed by atoms with Crippen LogP contribution in [-0.4, -0.2) is 29.8 Å². The van der Waals surface area contributed by atoms with Gasteiger partial charge >= 0.3 is 6.18 Å². The molecule has 0 bridgehead atoms. The van der Waals surface area contributed by atoms with Gasteiger partial charge in [0.25, 0.3) is 11.8 Å². The maximum absolute atomic E-state index is 13.5. The van der Waals surface area contributed by atoms with E-state index in [1.807, 2.05) is 31.2 Å². The average molecular weight is 540 g/mol. The van der Waals surface area contributed by atoms with Crippen LogP contribution in [0.1, 0.15) is 41.4 Å². The highest BCUT2D eigenvalue weighted by atomic mass is 19.4. The summed E-state index contributed by atoms with van der Waals surface area (Å²) in [4.78, 5) is 14.3. The van der Waals surface area contributed by atoms with E-state index in [0.717, 1.165) is 28.6 Å². The highest BCUT2D eigenvalue weighted by Crippen LogP contribution is 2.39. The number of benzene rings is 3. The summed E-state index contributed by atoms with van der Waals surface area (Å²) in [5.74, 6) is -2.36. The Morgan fingerprint density at radius 3 is 2.33 bits per heavy atom. The van der Waals surface area contributed by atoms with E-state index in [2.05, 4.69) is 0 Å². The third kappa shape index (κ3) is 5.75. The number of alkyl halides is 5. The molecule has 8 heteroatoms. The molecule has 1 amide bonds. The first-order valence-electron chi connectivity index (χ1n) is 12.7. The maximum Gasteiger partial charge on any atom is 0.416 e. The molecule has 4 aromatic rings. The normalized spacial score (nSPS) is 15.8. The third-order valence-electron chi connectivity index (χ3n) is 6.97. The molecule has 0 atom stereocenters. The van der Waals surface area contributed by atoms with Crippen molar-refractivity contribution < 1.29 is 31.2 Å². The van der Waals surface area contributed by atoms with Crippen LogP contribution in [0, 0.1) is 0 Å². The van der Waals surface area contributed by atoms with E-state index in [1.54, 1.807) is 36.4 Å². The summed E-state index contributed by atoms with van der Waals surface area (Å²) in [5, 5.41) is 0.744. The van der Waals surface area contributed by atoms with E-state index in [-0.39, 0.29) is 31.8 Å². The van der Waals surface area contributed by atoms with Gasteiger partial charge in [0.15, 0.2) is 0 Å². The SMILES string of the molecule is CC=CCc1cc2cc(-c3ccc(C(=O)N4CCC(F)(F)CC4)cc3)cc(-c3cccc(C(F)(F)F)c3)c2o1. The van der Waals surface area contributed by atoms with Crippen LogP contribution in [0.3, 0.4) is 0 Å². The summed E-state index contributed by atoms with van der Waals surface area (Å²) in [7, 11) is 0. The Hall–Kier alpha value is -3.94. The number of carbonyl (C=O) groups excluding carboxylic acids is 1. The van der Waals surface area contributed by atoms with Gasteiger partial charge in [0.05, 0.1) is 5.56 Å². The zero-order valence-corrected chi connectivity index (χ0v) is 21.2. The number of hydrogen-bond donors (Lipinski definition) is 0. The molecule has 0 aliphatic carbocycles. The molecule has 1 fully saturated rings. The number of allylic oxidation sites excluding steroid dienone is 2. The first kappa shape index (κ1) is 26.7. The Morgan fingerprint density at radius 2 is 1.67 bits per heavy atom. The number of furan rings is 1. The standard InChI is InChI=1S/C31H26F5NO2/c1-2-3-7-26-18-24-16-23(19-27(28(24)39-26)22-5-4-6-25(17-22)31(34,35)36)20-8-10-21(11-9-20)29(38)37-14-12-30(32,33)13-15-37/h2-6,8-11,16-19H,7,12-15H2,1H3. The number of carbonyl (C=O) groups is 1. The molecule has 0 unspecified atom stereocenters. The van der Waals surface area contributed by atoms with Crippen LogP contribution in [0.2, 0.25) is 0 Å². The van der Waals surface area contributed by atoms with Crippen molar-refractivity contribution in [2.24, 2.45) is 0 Å². The van der Waals surface area contributed by atoms with Crippen molar-refractivity contribution in [1.82, 2.24) is 4.90 Å². The molecule has 1 aliphatic rings. The Balaban J connectivity index is 1.52. The molecule has 0 saturated carbocycles. The van der Waals surface area contributed by atoms with Crippen LogP contribution < -0.4 is 0 Å². The third-order valence-corrected chi connectivity index (χ3v) is 6.97. The first-order chi connectivity index (χ1) is 18.5. The predicted octanol–water partition coefficient (Wildman–Crippen LogP) is 8.78. The summed E-state index contributed by atoms with van der Waals surface area (Å²) < 4.78 is 73.4. The number of halogens is 5. The number of hydrogen-bond acceptors (Lipinski definition) is 2. The molecule has 0 spiro atoms. The molecule has 1 saturated heterocycles. The molecule has 1 aliphatic heterocycles. The zero-order valence-electron chi connectivity index (χ0n) is 21.2. The monoisotopic (exact) mass is 539 g/mol. The van der Waals surface area contributed by atoms with Gasteiger partial charge in [-0.15, -0.1) is 0 Å². The molecule has 3 aromatic carbocycles. The quantitative estimate of drug-likeness (QED) is 0.188. The lowest BCUT2D eigenvalue weighted by molar-refractivity contribution is -0.137. The van der Waals surface area contributed by atoms with E-state index in [1.165, 1.54) is 11.0 Å². The molecule has 1 aromatic heterocycles. The smallest absolute Gasteiger partial charge is 0.416 e. The van der Waals surface area contributed by atoms with Gasteiger partial charge in [-0.05, 0) is 66.1 Å². The number of amides is 1. The van der Waals surface area contributed by atoms with Gasteiger partial charge in [-0.3, -0.25) is 4.79 Å². The summed E-state index contributed by atoms with van der Waals surface area (Å²) in [6.45, 7) is 1.89. The number of likely N-dealkylation sites (tertiary alicyclic amines) is 1. The topological polar surface area (TPSA) is 33.5 Å². The molecule has 3 nitrogen and oxygen atoms in total. The van der Waals surface area contributed by atoms with E-state index < -0.39 is 17.7 Å². The molecule has 0 radical (unpaired) electrons. The fraction of sp³-hybridized carbons (Fsp3) is 0.258. The molecule has 202 valence electrons. The number of nitrogens with zero attached hydrogens (tertiary/aromatic N) is 1. The summed E-state index contributed by atoms with van der Waals surface area (Å²) in [5.41, 5.74) is 2.52. The Morgan fingerprint density at radius 1 is 0.949 bits per heavy atom. The highest BCUT2D eigenvalue weighted by Gasteiger charge is 2.35. The Kier molecular flexibility index (Phi) is 7.05. The summed E-state index contributed by atoms with van der Waals surface area (Å²) in [6.07, 6.45) is -0.820. The molecule has 5 rings (SSSR count). The molecular weight excluding hydrogens is 513 g/mol. The van der Waals surface area contributed by atoms with Gasteiger partial charge < -0.3 is 9.32 Å². The minimum Gasteiger partial charge on any atom is -0.460 e. The second-order valence-electron chi connectivity index (χ2n) is 9.73. The van der Waals surface area contributed by atoms with Crippen molar-refractivity contribution in [3.63, 3.8) is 0 Å². The highest BCUT2D eigenvalue weighted by molar-refractivity contribution is 5.98. The van der Waals surface area contributed by atoms with Crippen LogP contribution in [0.4, 0.5) is 22.0 Å². The van der Waals surface area contributed by atoms with Crippen molar-refractivity contribution in [2.75, 3.05) is 13.1 Å². The van der Waals surface area contributed by atoms with Crippen molar-refractivity contribution >= 4 is 16.9 Å². The van der Waals surface area contributed by atoms with Crippen LogP contribution in [0.15, 0.2) is 83.3 Å². The average Bonchev–Trinajstić information content (AvgIpc) is 3.33. The molecular formula is C31H26F5NO2. The first-order valence-corrected chi connectivity index (χ1v) is 12.7. The number of fused-ring (bicyclic) bond motifs is 1. The van der Waals surface area contributed by atoms with Gasteiger partial charge in [0, 0.05) is 48.9 Å². The lowest BCUT2D eigenvalue weighted by atomic mass is 9.95. The summed E-state index contributed by atoms with van der Waals surface area (Å²) in [6, 6.07) is 17.5. The fourth-order valence-electron chi connectivity index (χ4n) is 4.81. The van der Waals surface area contributed by atoms with Crippen molar-refractivity contribution in [3.05, 3.63) is 95.8 Å². The van der Waals surface area contributed by atoms with Crippen molar-refractivity contribution in [3.8, 4) is 22.3 Å². The van der Waals surface area contributed by atoms with Crippen LogP contribution in [0.25, 0.3) is 33.2 Å². The van der Waals surface area contributed by atoms with E-state index >= 15 is 0 Å². The van der Waals surface area contributed by atoms with E-state index in [9.17, 15) is 26.7 Å². The number of piperidine rings is 1.